The molecule has 0 radical (unpaired) electrons. The fourth-order valence-corrected chi connectivity index (χ4v) is 6.04. The van der Waals surface area contributed by atoms with Crippen molar-refractivity contribution in [3.63, 3.8) is 0 Å². The van der Waals surface area contributed by atoms with Crippen LogP contribution in [0.2, 0.25) is 0 Å². The van der Waals surface area contributed by atoms with Crippen molar-refractivity contribution in [2.75, 3.05) is 36.9 Å². The first-order chi connectivity index (χ1) is 20.5. The van der Waals surface area contributed by atoms with Gasteiger partial charge in [-0.25, -0.2) is 22.9 Å². The van der Waals surface area contributed by atoms with Crippen LogP contribution >= 0.6 is 0 Å². The first kappa shape index (κ1) is 34.8. The van der Waals surface area contributed by atoms with E-state index in [1.165, 1.54) is 12.1 Å². The van der Waals surface area contributed by atoms with E-state index in [2.05, 4.69) is 26.8 Å². The molecular formula is C28H33F6N5O4S. The third kappa shape index (κ3) is 9.42. The topological polar surface area (TPSA) is 125 Å². The number of hydrogen-bond donors (Lipinski definition) is 3. The lowest BCUT2D eigenvalue weighted by molar-refractivity contribution is -0.192. The molecule has 0 amide bonds. The Kier molecular flexibility index (Phi) is 11.4. The standard InChI is InChI=1S/C26H32F3N5O2S.C2HF3O2/c1-3-34(2)24-20-8-4-6-10-22(20)32-25(33-24)30-16-18-12-14-19(15-13-18)17-31-37(35,36)23-11-7-5-9-21(23)26(27,28)29;3-2(4,5)1(6)7/h4-11,18-19,31H,3,12-17H2,1-2H3,(H,30,32,33);(H,6,7). The SMILES string of the molecule is CCN(C)c1nc(NCC2CCC(CNS(=O)(=O)c3ccccc3C(F)(F)F)CC2)nc2ccccc12.O=C(O)C(F)(F)F. The minimum Gasteiger partial charge on any atom is -0.475 e. The van der Waals surface area contributed by atoms with Crippen LogP contribution in [0.25, 0.3) is 10.9 Å². The molecule has 3 aromatic rings. The van der Waals surface area contributed by atoms with Gasteiger partial charge in [-0.1, -0.05) is 24.3 Å². The smallest absolute Gasteiger partial charge is 0.475 e. The van der Waals surface area contributed by atoms with Crippen LogP contribution in [-0.2, 0) is 21.0 Å². The first-order valence-electron chi connectivity index (χ1n) is 13.7. The molecule has 0 spiro atoms. The summed E-state index contributed by atoms with van der Waals surface area (Å²) in [4.78, 5) is 19.6. The minimum atomic E-state index is -5.08. The summed E-state index contributed by atoms with van der Waals surface area (Å²) in [6.45, 7) is 3.70. The van der Waals surface area contributed by atoms with Gasteiger partial charge < -0.3 is 15.3 Å². The summed E-state index contributed by atoms with van der Waals surface area (Å²) >= 11 is 0. The van der Waals surface area contributed by atoms with E-state index in [0.717, 1.165) is 61.1 Å². The van der Waals surface area contributed by atoms with Crippen molar-refractivity contribution in [2.24, 2.45) is 11.8 Å². The average Bonchev–Trinajstić information content (AvgIpc) is 2.98. The van der Waals surface area contributed by atoms with E-state index in [0.29, 0.717) is 18.4 Å². The highest BCUT2D eigenvalue weighted by Gasteiger charge is 2.38. The number of sulfonamides is 1. The van der Waals surface area contributed by atoms with E-state index in [9.17, 15) is 34.8 Å². The first-order valence-corrected chi connectivity index (χ1v) is 15.2. The van der Waals surface area contributed by atoms with Gasteiger partial charge in [0.1, 0.15) is 5.82 Å². The summed E-state index contributed by atoms with van der Waals surface area (Å²) < 4.78 is 99.2. The Morgan fingerprint density at radius 1 is 0.932 bits per heavy atom. The predicted octanol–water partition coefficient (Wildman–Crippen LogP) is 5.93. The molecule has 1 heterocycles. The van der Waals surface area contributed by atoms with Gasteiger partial charge in [-0.15, -0.1) is 0 Å². The Morgan fingerprint density at radius 3 is 2.05 bits per heavy atom. The third-order valence-electron chi connectivity index (χ3n) is 7.22. The normalized spacial score (nSPS) is 17.5. The lowest BCUT2D eigenvalue weighted by Crippen LogP contribution is -2.33. The summed E-state index contributed by atoms with van der Waals surface area (Å²) in [7, 11) is -2.27. The van der Waals surface area contributed by atoms with Crippen LogP contribution in [0.1, 0.15) is 38.2 Å². The molecule has 0 bridgehead atoms. The summed E-state index contributed by atoms with van der Waals surface area (Å²) in [6, 6.07) is 12.2. The van der Waals surface area contributed by atoms with Crippen molar-refractivity contribution in [3.05, 3.63) is 54.1 Å². The van der Waals surface area contributed by atoms with Crippen LogP contribution < -0.4 is 14.9 Å². The number of carboxylic acid groups (broad SMARTS) is 1. The largest absolute Gasteiger partial charge is 0.490 e. The van der Waals surface area contributed by atoms with Crippen molar-refractivity contribution in [3.8, 4) is 0 Å². The molecule has 4 rings (SSSR count). The summed E-state index contributed by atoms with van der Waals surface area (Å²) in [6.07, 6.45) is -6.48. The Hall–Kier alpha value is -3.66. The molecule has 1 fully saturated rings. The van der Waals surface area contributed by atoms with Crippen molar-refractivity contribution in [2.45, 2.75) is 49.9 Å². The van der Waals surface area contributed by atoms with Gasteiger partial charge in [0, 0.05) is 32.1 Å². The number of aliphatic carboxylic acids is 1. The number of para-hydroxylation sites is 1. The van der Waals surface area contributed by atoms with Gasteiger partial charge in [0.2, 0.25) is 16.0 Å². The monoisotopic (exact) mass is 649 g/mol. The number of hydrogen-bond acceptors (Lipinski definition) is 7. The fourth-order valence-electron chi connectivity index (χ4n) is 4.70. The molecule has 1 aliphatic rings. The molecule has 3 N–H and O–H groups in total. The molecule has 1 aromatic heterocycles. The maximum absolute atomic E-state index is 13.3. The Bertz CT molecular complexity index is 1530. The van der Waals surface area contributed by atoms with Gasteiger partial charge in [-0.3, -0.25) is 0 Å². The lowest BCUT2D eigenvalue weighted by Gasteiger charge is -2.29. The second-order valence-electron chi connectivity index (χ2n) is 10.3. The number of aromatic nitrogens is 2. The molecule has 9 nitrogen and oxygen atoms in total. The number of alkyl halides is 6. The van der Waals surface area contributed by atoms with E-state index in [1.54, 1.807) is 0 Å². The second-order valence-corrected chi connectivity index (χ2v) is 12.1. The van der Waals surface area contributed by atoms with Crippen molar-refractivity contribution < 1.29 is 44.7 Å². The Balaban J connectivity index is 0.000000676. The quantitative estimate of drug-likeness (QED) is 0.244. The zero-order chi connectivity index (χ0) is 32.7. The van der Waals surface area contributed by atoms with E-state index in [1.807, 2.05) is 31.3 Å². The van der Waals surface area contributed by atoms with Crippen molar-refractivity contribution >= 4 is 38.7 Å². The molecule has 0 saturated heterocycles. The number of nitrogens with zero attached hydrogens (tertiary/aromatic N) is 3. The van der Waals surface area contributed by atoms with E-state index < -0.39 is 38.8 Å². The maximum atomic E-state index is 13.3. The van der Waals surface area contributed by atoms with Crippen LogP contribution in [0.4, 0.5) is 38.1 Å². The van der Waals surface area contributed by atoms with E-state index in [-0.39, 0.29) is 12.5 Å². The van der Waals surface area contributed by atoms with Gasteiger partial charge in [0.25, 0.3) is 0 Å². The zero-order valence-corrected chi connectivity index (χ0v) is 24.7. The third-order valence-corrected chi connectivity index (χ3v) is 8.70. The van der Waals surface area contributed by atoms with Crippen LogP contribution in [-0.4, -0.2) is 62.3 Å². The predicted molar refractivity (Wildman–Crippen MR) is 153 cm³/mol. The molecule has 2 aromatic carbocycles. The van der Waals surface area contributed by atoms with Crippen molar-refractivity contribution in [1.29, 1.82) is 0 Å². The van der Waals surface area contributed by atoms with E-state index in [4.69, 9.17) is 14.9 Å². The van der Waals surface area contributed by atoms with Gasteiger partial charge >= 0.3 is 18.3 Å². The molecule has 44 heavy (non-hydrogen) atoms. The average molecular weight is 650 g/mol. The highest BCUT2D eigenvalue weighted by Crippen LogP contribution is 2.34. The zero-order valence-electron chi connectivity index (χ0n) is 23.9. The van der Waals surface area contributed by atoms with Gasteiger partial charge in [0.15, 0.2) is 0 Å². The molecule has 16 heteroatoms. The van der Waals surface area contributed by atoms with Crippen LogP contribution in [0.15, 0.2) is 53.4 Å². The highest BCUT2D eigenvalue weighted by atomic mass is 32.2. The number of benzene rings is 2. The number of carboxylic acids is 1. The molecule has 0 unspecified atom stereocenters. The molecule has 0 atom stereocenters. The van der Waals surface area contributed by atoms with Crippen LogP contribution in [0.5, 0.6) is 0 Å². The van der Waals surface area contributed by atoms with Crippen molar-refractivity contribution in [1.82, 2.24) is 14.7 Å². The van der Waals surface area contributed by atoms with Crippen LogP contribution in [0, 0.1) is 11.8 Å². The Morgan fingerprint density at radius 2 is 1.48 bits per heavy atom. The number of halogens is 6. The van der Waals surface area contributed by atoms with E-state index >= 15 is 0 Å². The number of carbonyl (C=O) groups is 1. The number of rotatable bonds is 9. The fraction of sp³-hybridized carbons (Fsp3) is 0.464. The summed E-state index contributed by atoms with van der Waals surface area (Å²) in [5.74, 6) is -0.856. The molecule has 0 aliphatic heterocycles. The summed E-state index contributed by atoms with van der Waals surface area (Å²) in [5, 5.41) is 11.5. The molecule has 1 saturated carbocycles. The molecule has 1 aliphatic carbocycles. The Labute approximate surface area is 250 Å². The molecule has 242 valence electrons. The lowest BCUT2D eigenvalue weighted by atomic mass is 9.82. The number of anilines is 2. The van der Waals surface area contributed by atoms with Gasteiger partial charge in [0.05, 0.1) is 16.0 Å². The maximum Gasteiger partial charge on any atom is 0.490 e. The minimum absolute atomic E-state index is 0.0748. The van der Waals surface area contributed by atoms with Crippen LogP contribution in [0.3, 0.4) is 0 Å². The summed E-state index contributed by atoms with van der Waals surface area (Å²) in [5.41, 5.74) is -0.278. The number of nitrogens with one attached hydrogen (secondary N) is 2. The van der Waals surface area contributed by atoms with Gasteiger partial charge in [-0.05, 0) is 68.7 Å². The number of fused-ring (bicyclic) bond motifs is 1. The second kappa shape index (κ2) is 14.4. The molecular weight excluding hydrogens is 616 g/mol. The highest BCUT2D eigenvalue weighted by molar-refractivity contribution is 7.89. The van der Waals surface area contributed by atoms with Gasteiger partial charge in [-0.2, -0.15) is 31.3 Å².